The number of para-hydroxylation sites is 2. The maximum Gasteiger partial charge on any atom is 0.0548 e. The molecule has 0 atom stereocenters. The highest BCUT2D eigenvalue weighted by Gasteiger charge is 2.16. The lowest BCUT2D eigenvalue weighted by molar-refractivity contribution is 1.13. The van der Waals surface area contributed by atoms with E-state index in [-0.39, 0.29) is 0 Å². The zero-order chi connectivity index (χ0) is 22.5. The van der Waals surface area contributed by atoms with Gasteiger partial charge in [-0.15, -0.1) is 0 Å². The number of hydrogen-bond donors (Lipinski definition) is 0. The fourth-order valence-corrected chi connectivity index (χ4v) is 5.11. The van der Waals surface area contributed by atoms with E-state index in [2.05, 4.69) is 123 Å². The van der Waals surface area contributed by atoms with E-state index in [0.29, 0.717) is 0 Å². The van der Waals surface area contributed by atoms with E-state index in [4.69, 9.17) is 0 Å². The normalized spacial score (nSPS) is 11.5. The van der Waals surface area contributed by atoms with Crippen LogP contribution in [0.5, 0.6) is 0 Å². The highest BCUT2D eigenvalue weighted by Crippen LogP contribution is 2.37. The Kier molecular flexibility index (Phi) is 4.15. The Morgan fingerprint density at radius 3 is 2.09 bits per heavy atom. The van der Waals surface area contributed by atoms with Crippen LogP contribution < -0.4 is 0 Å². The van der Waals surface area contributed by atoms with Gasteiger partial charge in [-0.1, -0.05) is 54.6 Å². The van der Waals surface area contributed by atoms with E-state index >= 15 is 0 Å². The summed E-state index contributed by atoms with van der Waals surface area (Å²) in [6, 6.07) is 38.8. The number of pyridine rings is 1. The molecule has 0 saturated heterocycles. The second kappa shape index (κ2) is 7.46. The van der Waals surface area contributed by atoms with E-state index in [1.165, 1.54) is 44.0 Å². The summed E-state index contributed by atoms with van der Waals surface area (Å²) in [5, 5.41) is 3.83. The maximum absolute atomic E-state index is 4.24. The van der Waals surface area contributed by atoms with Gasteiger partial charge in [-0.25, -0.2) is 0 Å². The molecule has 160 valence electrons. The van der Waals surface area contributed by atoms with Gasteiger partial charge in [0.15, 0.2) is 0 Å². The monoisotopic (exact) mass is 435 g/mol. The van der Waals surface area contributed by atoms with Crippen molar-refractivity contribution < 1.29 is 0 Å². The highest BCUT2D eigenvalue weighted by molar-refractivity contribution is 6.21. The average Bonchev–Trinajstić information content (AvgIpc) is 3.49. The molecule has 0 amide bonds. The van der Waals surface area contributed by atoms with Crippen LogP contribution in [-0.4, -0.2) is 14.1 Å². The molecule has 0 unspecified atom stereocenters. The fraction of sp³-hybridized carbons (Fsp3) is 0. The van der Waals surface area contributed by atoms with Crippen molar-refractivity contribution in [2.24, 2.45) is 0 Å². The number of benzene rings is 4. The Balaban J connectivity index is 1.44. The van der Waals surface area contributed by atoms with E-state index in [1.54, 1.807) is 6.20 Å². The molecule has 4 aromatic carbocycles. The Morgan fingerprint density at radius 2 is 1.26 bits per heavy atom. The van der Waals surface area contributed by atoms with Crippen molar-refractivity contribution in [3.05, 3.63) is 128 Å². The quantitative estimate of drug-likeness (QED) is 0.278. The molecule has 7 aromatic rings. The minimum absolute atomic E-state index is 1.13. The third-order valence-electron chi connectivity index (χ3n) is 6.66. The molecule has 3 heteroatoms. The van der Waals surface area contributed by atoms with Crippen LogP contribution in [-0.2, 0) is 0 Å². The molecular weight excluding hydrogens is 414 g/mol. The zero-order valence-electron chi connectivity index (χ0n) is 18.5. The van der Waals surface area contributed by atoms with Crippen molar-refractivity contribution in [1.29, 1.82) is 0 Å². The van der Waals surface area contributed by atoms with Gasteiger partial charge in [-0.3, -0.25) is 4.98 Å². The summed E-state index contributed by atoms with van der Waals surface area (Å²) in [4.78, 5) is 4.24. The second-order valence-corrected chi connectivity index (χ2v) is 8.55. The van der Waals surface area contributed by atoms with Crippen molar-refractivity contribution in [2.75, 3.05) is 0 Å². The molecule has 0 spiro atoms. The summed E-state index contributed by atoms with van der Waals surface area (Å²) < 4.78 is 4.64. The first kappa shape index (κ1) is 18.9. The molecule has 3 nitrogen and oxygen atoms in total. The van der Waals surface area contributed by atoms with Crippen LogP contribution >= 0.6 is 0 Å². The molecule has 3 aromatic heterocycles. The molecule has 0 aliphatic heterocycles. The summed E-state index contributed by atoms with van der Waals surface area (Å²) >= 11 is 0. The molecule has 0 aliphatic carbocycles. The van der Waals surface area contributed by atoms with Crippen molar-refractivity contribution in [3.63, 3.8) is 0 Å². The van der Waals surface area contributed by atoms with Crippen LogP contribution in [0, 0.1) is 0 Å². The lowest BCUT2D eigenvalue weighted by Crippen LogP contribution is -1.94. The Bertz CT molecular complexity index is 1770. The molecule has 0 bridgehead atoms. The molecule has 0 fully saturated rings. The first-order valence-corrected chi connectivity index (χ1v) is 11.5. The van der Waals surface area contributed by atoms with Crippen LogP contribution in [0.25, 0.3) is 55.2 Å². The van der Waals surface area contributed by atoms with Gasteiger partial charge < -0.3 is 9.13 Å². The average molecular weight is 436 g/mol. The van der Waals surface area contributed by atoms with Gasteiger partial charge in [0.25, 0.3) is 0 Å². The van der Waals surface area contributed by atoms with E-state index < -0.39 is 0 Å². The summed E-state index contributed by atoms with van der Waals surface area (Å²) in [6.07, 6.45) is 5.89. The Morgan fingerprint density at radius 1 is 0.500 bits per heavy atom. The van der Waals surface area contributed by atoms with Crippen LogP contribution in [0.3, 0.4) is 0 Å². The van der Waals surface area contributed by atoms with Crippen molar-refractivity contribution in [2.45, 2.75) is 0 Å². The highest BCUT2D eigenvalue weighted by atomic mass is 15.0. The fourth-order valence-electron chi connectivity index (χ4n) is 5.11. The maximum atomic E-state index is 4.24. The third-order valence-corrected chi connectivity index (χ3v) is 6.66. The molecule has 0 saturated carbocycles. The van der Waals surface area contributed by atoms with Crippen LogP contribution in [0.1, 0.15) is 0 Å². The molecule has 0 aliphatic rings. The van der Waals surface area contributed by atoms with Gasteiger partial charge >= 0.3 is 0 Å². The summed E-state index contributed by atoms with van der Waals surface area (Å²) in [5.74, 6) is 0. The number of aromatic nitrogens is 3. The predicted molar refractivity (Wildman–Crippen MR) is 141 cm³/mol. The Labute approximate surface area is 197 Å². The van der Waals surface area contributed by atoms with E-state index in [0.717, 1.165) is 11.3 Å². The summed E-state index contributed by atoms with van der Waals surface area (Å²) in [6.45, 7) is 0. The molecule has 3 heterocycles. The minimum atomic E-state index is 1.13. The van der Waals surface area contributed by atoms with Crippen molar-refractivity contribution >= 4 is 32.7 Å². The first-order chi connectivity index (χ1) is 16.9. The van der Waals surface area contributed by atoms with Gasteiger partial charge in [0, 0.05) is 46.1 Å². The molecule has 0 radical (unpaired) electrons. The molecule has 34 heavy (non-hydrogen) atoms. The number of fused-ring (bicyclic) bond motifs is 5. The third kappa shape index (κ3) is 2.81. The number of rotatable bonds is 3. The number of nitrogens with zero attached hydrogens (tertiary/aromatic N) is 3. The number of hydrogen-bond acceptors (Lipinski definition) is 1. The van der Waals surface area contributed by atoms with Crippen molar-refractivity contribution in [1.82, 2.24) is 14.1 Å². The van der Waals surface area contributed by atoms with Gasteiger partial charge in [0.1, 0.15) is 0 Å². The lowest BCUT2D eigenvalue weighted by atomic mass is 10.1. The standard InChI is InChI=1S/C31H21N3/c1-2-8-25(9-3-1)34-29-11-5-4-10-26(29)31-27-18-20-33(28(27)16-17-30(31)34)24-14-12-22(13-15-24)23-7-6-19-32-21-23/h1-21H. The van der Waals surface area contributed by atoms with E-state index in [9.17, 15) is 0 Å². The second-order valence-electron chi connectivity index (χ2n) is 8.55. The van der Waals surface area contributed by atoms with Crippen LogP contribution in [0.15, 0.2) is 128 Å². The zero-order valence-corrected chi connectivity index (χ0v) is 18.5. The molecule has 0 N–H and O–H groups in total. The topological polar surface area (TPSA) is 22.8 Å². The summed E-state index contributed by atoms with van der Waals surface area (Å²) in [7, 11) is 0. The van der Waals surface area contributed by atoms with Gasteiger partial charge in [-0.05, 0) is 65.7 Å². The minimum Gasteiger partial charge on any atom is -0.317 e. The van der Waals surface area contributed by atoms with Gasteiger partial charge in [0.2, 0.25) is 0 Å². The van der Waals surface area contributed by atoms with Crippen LogP contribution in [0.4, 0.5) is 0 Å². The SMILES string of the molecule is c1ccc(-n2c3ccccc3c3c4ccn(-c5ccc(-c6cccnc6)cc5)c4ccc32)cc1. The largest absolute Gasteiger partial charge is 0.317 e. The predicted octanol–water partition coefficient (Wildman–Crippen LogP) is 7.79. The summed E-state index contributed by atoms with van der Waals surface area (Å²) in [5.41, 5.74) is 8.28. The van der Waals surface area contributed by atoms with Crippen molar-refractivity contribution in [3.8, 4) is 22.5 Å². The van der Waals surface area contributed by atoms with Crippen LogP contribution in [0.2, 0.25) is 0 Å². The Hall–Kier alpha value is -4.63. The lowest BCUT2D eigenvalue weighted by Gasteiger charge is -2.09. The van der Waals surface area contributed by atoms with Gasteiger partial charge in [-0.2, -0.15) is 0 Å². The molecular formula is C31H21N3. The molecule has 7 rings (SSSR count). The van der Waals surface area contributed by atoms with E-state index in [1.807, 2.05) is 12.3 Å². The first-order valence-electron chi connectivity index (χ1n) is 11.5. The smallest absolute Gasteiger partial charge is 0.0548 e. The van der Waals surface area contributed by atoms with Gasteiger partial charge in [0.05, 0.1) is 16.6 Å².